The second-order valence-corrected chi connectivity index (χ2v) is 5.71. The SMILES string of the molecule is CC(C)COCCn1c(CCl)nc2cc(Cl)c(F)cc21. The number of hydrogen-bond acceptors (Lipinski definition) is 2. The van der Waals surface area contributed by atoms with Crippen molar-refractivity contribution in [3.8, 4) is 0 Å². The molecule has 20 heavy (non-hydrogen) atoms. The Balaban J connectivity index is 2.23. The quantitative estimate of drug-likeness (QED) is 0.588. The van der Waals surface area contributed by atoms with Gasteiger partial charge in [-0.05, 0) is 12.0 Å². The molecule has 3 nitrogen and oxygen atoms in total. The second kappa shape index (κ2) is 6.74. The first kappa shape index (κ1) is 15.5. The van der Waals surface area contributed by atoms with Crippen LogP contribution < -0.4 is 0 Å². The van der Waals surface area contributed by atoms with E-state index >= 15 is 0 Å². The van der Waals surface area contributed by atoms with E-state index in [1.165, 1.54) is 12.1 Å². The van der Waals surface area contributed by atoms with Gasteiger partial charge in [0.2, 0.25) is 0 Å². The van der Waals surface area contributed by atoms with Crippen molar-refractivity contribution < 1.29 is 9.13 Å². The summed E-state index contributed by atoms with van der Waals surface area (Å²) in [7, 11) is 0. The first-order valence-electron chi connectivity index (χ1n) is 6.50. The Labute approximate surface area is 127 Å². The van der Waals surface area contributed by atoms with Crippen molar-refractivity contribution in [2.24, 2.45) is 5.92 Å². The summed E-state index contributed by atoms with van der Waals surface area (Å²) in [5.41, 5.74) is 1.34. The summed E-state index contributed by atoms with van der Waals surface area (Å²) < 4.78 is 21.0. The Kier molecular flexibility index (Phi) is 5.24. The van der Waals surface area contributed by atoms with Gasteiger partial charge < -0.3 is 9.30 Å². The van der Waals surface area contributed by atoms with Crippen LogP contribution in [0, 0.1) is 11.7 Å². The van der Waals surface area contributed by atoms with E-state index in [1.807, 2.05) is 4.57 Å². The molecule has 0 unspecified atom stereocenters. The third-order valence-electron chi connectivity index (χ3n) is 2.90. The van der Waals surface area contributed by atoms with Crippen LogP contribution in [-0.4, -0.2) is 22.8 Å². The van der Waals surface area contributed by atoms with Gasteiger partial charge in [0.25, 0.3) is 0 Å². The summed E-state index contributed by atoms with van der Waals surface area (Å²) in [6, 6.07) is 2.91. The van der Waals surface area contributed by atoms with Gasteiger partial charge in [0.15, 0.2) is 0 Å². The van der Waals surface area contributed by atoms with E-state index in [9.17, 15) is 4.39 Å². The van der Waals surface area contributed by atoms with Gasteiger partial charge >= 0.3 is 0 Å². The average molecular weight is 319 g/mol. The lowest BCUT2D eigenvalue weighted by molar-refractivity contribution is 0.103. The van der Waals surface area contributed by atoms with Gasteiger partial charge in [0.1, 0.15) is 11.6 Å². The largest absolute Gasteiger partial charge is 0.379 e. The van der Waals surface area contributed by atoms with Gasteiger partial charge in [0.05, 0.1) is 28.5 Å². The van der Waals surface area contributed by atoms with Crippen LogP contribution in [0.2, 0.25) is 5.02 Å². The maximum atomic E-state index is 13.6. The monoisotopic (exact) mass is 318 g/mol. The van der Waals surface area contributed by atoms with Gasteiger partial charge in [-0.3, -0.25) is 0 Å². The molecule has 0 aliphatic carbocycles. The molecule has 110 valence electrons. The lowest BCUT2D eigenvalue weighted by Gasteiger charge is -2.10. The number of aromatic nitrogens is 2. The third-order valence-corrected chi connectivity index (χ3v) is 3.43. The number of fused-ring (bicyclic) bond motifs is 1. The highest BCUT2D eigenvalue weighted by molar-refractivity contribution is 6.31. The van der Waals surface area contributed by atoms with Crippen LogP contribution in [0.4, 0.5) is 4.39 Å². The molecule has 1 heterocycles. The molecule has 0 bridgehead atoms. The Morgan fingerprint density at radius 3 is 2.80 bits per heavy atom. The molecule has 0 N–H and O–H groups in total. The van der Waals surface area contributed by atoms with Crippen LogP contribution in [0.15, 0.2) is 12.1 Å². The topological polar surface area (TPSA) is 27.1 Å². The normalized spacial score (nSPS) is 11.7. The van der Waals surface area contributed by atoms with Gasteiger partial charge in [-0.2, -0.15) is 0 Å². The molecule has 0 atom stereocenters. The molecule has 0 amide bonds. The summed E-state index contributed by atoms with van der Waals surface area (Å²) in [6.45, 7) is 6.01. The highest BCUT2D eigenvalue weighted by Gasteiger charge is 2.13. The summed E-state index contributed by atoms with van der Waals surface area (Å²) in [5, 5.41) is 0.0688. The second-order valence-electron chi connectivity index (χ2n) is 5.04. The van der Waals surface area contributed by atoms with E-state index in [0.717, 1.165) is 0 Å². The minimum absolute atomic E-state index is 0.0688. The Bertz CT molecular complexity index is 598. The minimum Gasteiger partial charge on any atom is -0.379 e. The van der Waals surface area contributed by atoms with Crippen molar-refractivity contribution in [2.45, 2.75) is 26.3 Å². The van der Waals surface area contributed by atoms with Crippen LogP contribution in [-0.2, 0) is 17.2 Å². The lowest BCUT2D eigenvalue weighted by Crippen LogP contribution is -2.11. The van der Waals surface area contributed by atoms with E-state index in [-0.39, 0.29) is 10.9 Å². The van der Waals surface area contributed by atoms with Crippen LogP contribution in [0.25, 0.3) is 11.0 Å². The third kappa shape index (κ3) is 3.43. The van der Waals surface area contributed by atoms with Crippen LogP contribution in [0.1, 0.15) is 19.7 Å². The molecule has 0 saturated heterocycles. The van der Waals surface area contributed by atoms with Crippen LogP contribution in [0.5, 0.6) is 0 Å². The fraction of sp³-hybridized carbons (Fsp3) is 0.500. The molecule has 0 radical (unpaired) electrons. The number of ether oxygens (including phenoxy) is 1. The number of rotatable bonds is 6. The molecule has 1 aromatic heterocycles. The van der Waals surface area contributed by atoms with Crippen molar-refractivity contribution in [1.82, 2.24) is 9.55 Å². The number of alkyl halides is 1. The lowest BCUT2D eigenvalue weighted by atomic mass is 10.2. The summed E-state index contributed by atoms with van der Waals surface area (Å²) in [6.07, 6.45) is 0. The van der Waals surface area contributed by atoms with E-state index in [2.05, 4.69) is 18.8 Å². The first-order valence-corrected chi connectivity index (χ1v) is 7.42. The van der Waals surface area contributed by atoms with E-state index in [1.54, 1.807) is 0 Å². The predicted octanol–water partition coefficient (Wildman–Crippen LogP) is 4.24. The highest BCUT2D eigenvalue weighted by Crippen LogP contribution is 2.24. The van der Waals surface area contributed by atoms with Gasteiger partial charge in [-0.25, -0.2) is 9.37 Å². The zero-order valence-electron chi connectivity index (χ0n) is 11.5. The number of imidazole rings is 1. The van der Waals surface area contributed by atoms with E-state index in [0.29, 0.717) is 42.5 Å². The van der Waals surface area contributed by atoms with Crippen molar-refractivity contribution in [1.29, 1.82) is 0 Å². The fourth-order valence-electron chi connectivity index (χ4n) is 2.00. The van der Waals surface area contributed by atoms with Gasteiger partial charge in [-0.15, -0.1) is 11.6 Å². The van der Waals surface area contributed by atoms with Crippen molar-refractivity contribution in [3.05, 3.63) is 28.8 Å². The van der Waals surface area contributed by atoms with Crippen molar-refractivity contribution >= 4 is 34.2 Å². The molecule has 0 saturated carbocycles. The van der Waals surface area contributed by atoms with Crippen LogP contribution in [0.3, 0.4) is 0 Å². The Morgan fingerprint density at radius 2 is 2.15 bits per heavy atom. The number of benzene rings is 1. The summed E-state index contributed by atoms with van der Waals surface area (Å²) in [4.78, 5) is 4.37. The Hall–Kier alpha value is -0.840. The number of halogens is 3. The standard InChI is InChI=1S/C14H17Cl2FN2O/c1-9(2)8-20-4-3-19-13-6-11(17)10(16)5-12(13)18-14(19)7-15/h5-6,9H,3-4,7-8H2,1-2H3. The van der Waals surface area contributed by atoms with Crippen LogP contribution >= 0.6 is 23.2 Å². The zero-order chi connectivity index (χ0) is 14.7. The highest BCUT2D eigenvalue weighted by atomic mass is 35.5. The molecule has 0 aliphatic heterocycles. The summed E-state index contributed by atoms with van der Waals surface area (Å²) >= 11 is 11.7. The first-order chi connectivity index (χ1) is 9.52. The molecule has 0 aliphatic rings. The molecule has 2 rings (SSSR count). The van der Waals surface area contributed by atoms with Gasteiger partial charge in [0, 0.05) is 19.2 Å². The smallest absolute Gasteiger partial charge is 0.144 e. The molecular weight excluding hydrogens is 302 g/mol. The van der Waals surface area contributed by atoms with Crippen molar-refractivity contribution in [2.75, 3.05) is 13.2 Å². The molecule has 0 spiro atoms. The molecule has 6 heteroatoms. The fourth-order valence-corrected chi connectivity index (χ4v) is 2.36. The maximum absolute atomic E-state index is 13.6. The Morgan fingerprint density at radius 1 is 1.40 bits per heavy atom. The molecule has 2 aromatic rings. The summed E-state index contributed by atoms with van der Waals surface area (Å²) in [5.74, 6) is 0.984. The van der Waals surface area contributed by atoms with Gasteiger partial charge in [-0.1, -0.05) is 25.4 Å². The molecule has 1 aromatic carbocycles. The maximum Gasteiger partial charge on any atom is 0.144 e. The zero-order valence-corrected chi connectivity index (χ0v) is 13.0. The average Bonchev–Trinajstić information content (AvgIpc) is 2.72. The minimum atomic E-state index is -0.454. The predicted molar refractivity (Wildman–Crippen MR) is 79.9 cm³/mol. The van der Waals surface area contributed by atoms with E-state index < -0.39 is 5.82 Å². The number of hydrogen-bond donors (Lipinski definition) is 0. The molecular formula is C14H17Cl2FN2O. The molecule has 0 fully saturated rings. The van der Waals surface area contributed by atoms with Crippen molar-refractivity contribution in [3.63, 3.8) is 0 Å². The van der Waals surface area contributed by atoms with E-state index in [4.69, 9.17) is 27.9 Å². The number of nitrogens with zero attached hydrogens (tertiary/aromatic N) is 2.